The van der Waals surface area contributed by atoms with Gasteiger partial charge in [-0.2, -0.15) is 4.31 Å². The van der Waals surface area contributed by atoms with Gasteiger partial charge < -0.3 is 4.74 Å². The zero-order valence-corrected chi connectivity index (χ0v) is 12.1. The van der Waals surface area contributed by atoms with Crippen molar-refractivity contribution in [2.75, 3.05) is 6.61 Å². The Morgan fingerprint density at radius 2 is 1.82 bits per heavy atom. The minimum absolute atomic E-state index is 0.205. The molecule has 0 spiro atoms. The molecule has 0 radical (unpaired) electrons. The minimum Gasteiger partial charge on any atom is -0.443 e. The lowest BCUT2D eigenvalue weighted by molar-refractivity contribution is 0.0285. The van der Waals surface area contributed by atoms with Crippen LogP contribution < -0.4 is 0 Å². The summed E-state index contributed by atoms with van der Waals surface area (Å²) in [5, 5.41) is 0. The quantitative estimate of drug-likeness (QED) is 0.672. The molecule has 1 aliphatic heterocycles. The monoisotopic (exact) mass is 263 g/mol. The van der Waals surface area contributed by atoms with E-state index in [0.29, 0.717) is 0 Å². The lowest BCUT2D eigenvalue weighted by Gasteiger charge is -2.32. The number of hydrogen-bond acceptors (Lipinski definition) is 4. The van der Waals surface area contributed by atoms with Crippen molar-refractivity contribution in [3.8, 4) is 0 Å². The van der Waals surface area contributed by atoms with Gasteiger partial charge in [-0.15, -0.1) is 0 Å². The minimum atomic E-state index is -1.74. The van der Waals surface area contributed by atoms with Gasteiger partial charge in [0.05, 0.1) is 12.6 Å². The van der Waals surface area contributed by atoms with Gasteiger partial charge in [-0.25, -0.2) is 9.00 Å². The molecular weight excluding hydrogens is 242 g/mol. The molecule has 1 rings (SSSR count). The molecule has 2 atom stereocenters. The van der Waals surface area contributed by atoms with E-state index in [1.807, 2.05) is 20.8 Å². The SMILES string of the molecule is CC(C)(C)OC(=O)N1C(C(C)(C)C)COS1=O. The van der Waals surface area contributed by atoms with Crippen molar-refractivity contribution in [1.82, 2.24) is 4.31 Å². The molecule has 1 heterocycles. The third-order valence-electron chi connectivity index (χ3n) is 2.34. The second kappa shape index (κ2) is 4.57. The van der Waals surface area contributed by atoms with E-state index in [-0.39, 0.29) is 18.1 Å². The Hall–Kier alpha value is -0.620. The van der Waals surface area contributed by atoms with Crippen LogP contribution in [0.1, 0.15) is 41.5 Å². The van der Waals surface area contributed by atoms with Crippen LogP contribution in [0.25, 0.3) is 0 Å². The molecule has 0 aliphatic carbocycles. The highest BCUT2D eigenvalue weighted by molar-refractivity contribution is 7.78. The molecule has 6 heteroatoms. The fourth-order valence-corrected chi connectivity index (χ4v) is 2.55. The maximum atomic E-state index is 12.0. The summed E-state index contributed by atoms with van der Waals surface area (Å²) in [6, 6.07) is -0.238. The molecule has 1 aliphatic rings. The summed E-state index contributed by atoms with van der Waals surface area (Å²) in [4.78, 5) is 12.0. The van der Waals surface area contributed by atoms with Crippen molar-refractivity contribution in [2.24, 2.45) is 5.41 Å². The van der Waals surface area contributed by atoms with Gasteiger partial charge in [0.25, 0.3) is 11.3 Å². The van der Waals surface area contributed by atoms with Crippen LogP contribution in [0.15, 0.2) is 0 Å². The van der Waals surface area contributed by atoms with E-state index in [9.17, 15) is 9.00 Å². The van der Waals surface area contributed by atoms with E-state index in [2.05, 4.69) is 0 Å². The Labute approximate surface area is 105 Å². The van der Waals surface area contributed by atoms with E-state index < -0.39 is 23.0 Å². The van der Waals surface area contributed by atoms with E-state index in [0.717, 1.165) is 0 Å². The van der Waals surface area contributed by atoms with Gasteiger partial charge in [-0.1, -0.05) is 20.8 Å². The third kappa shape index (κ3) is 3.67. The molecule has 17 heavy (non-hydrogen) atoms. The predicted molar refractivity (Wildman–Crippen MR) is 65.4 cm³/mol. The van der Waals surface area contributed by atoms with Crippen LogP contribution in [0.3, 0.4) is 0 Å². The fourth-order valence-electron chi connectivity index (χ4n) is 1.45. The maximum Gasteiger partial charge on any atom is 0.424 e. The molecule has 0 aromatic carbocycles. The predicted octanol–water partition coefficient (Wildman–Crippen LogP) is 2.25. The molecule has 0 N–H and O–H groups in total. The largest absolute Gasteiger partial charge is 0.443 e. The van der Waals surface area contributed by atoms with Crippen LogP contribution in [-0.4, -0.2) is 32.9 Å². The summed E-state index contributed by atoms with van der Waals surface area (Å²) < 4.78 is 23.1. The number of carbonyl (C=O) groups is 1. The molecule has 1 amide bonds. The van der Waals surface area contributed by atoms with Crippen molar-refractivity contribution in [2.45, 2.75) is 53.2 Å². The van der Waals surface area contributed by atoms with Gasteiger partial charge >= 0.3 is 6.09 Å². The van der Waals surface area contributed by atoms with Crippen molar-refractivity contribution in [3.05, 3.63) is 0 Å². The summed E-state index contributed by atoms with van der Waals surface area (Å²) >= 11 is -1.74. The number of hydrogen-bond donors (Lipinski definition) is 0. The van der Waals surface area contributed by atoms with Crippen LogP contribution in [0, 0.1) is 5.41 Å². The molecule has 0 saturated carbocycles. The second-order valence-electron chi connectivity index (χ2n) is 6.19. The Bertz CT molecular complexity index is 329. The number of carbonyl (C=O) groups excluding carboxylic acids is 1. The Morgan fingerprint density at radius 1 is 1.29 bits per heavy atom. The van der Waals surface area contributed by atoms with Gasteiger partial charge in [0.1, 0.15) is 5.60 Å². The molecule has 2 unspecified atom stereocenters. The van der Waals surface area contributed by atoms with Gasteiger partial charge in [0.2, 0.25) is 0 Å². The summed E-state index contributed by atoms with van der Waals surface area (Å²) in [7, 11) is 0. The van der Waals surface area contributed by atoms with Crippen molar-refractivity contribution in [1.29, 1.82) is 0 Å². The van der Waals surface area contributed by atoms with Crippen LogP contribution >= 0.6 is 0 Å². The highest BCUT2D eigenvalue weighted by atomic mass is 32.2. The summed E-state index contributed by atoms with van der Waals surface area (Å²) in [6.07, 6.45) is -0.590. The summed E-state index contributed by atoms with van der Waals surface area (Å²) in [5.41, 5.74) is -0.810. The third-order valence-corrected chi connectivity index (χ3v) is 3.41. The smallest absolute Gasteiger partial charge is 0.424 e. The number of amides is 1. The summed E-state index contributed by atoms with van der Waals surface area (Å²) in [5.74, 6) is 0. The highest BCUT2D eigenvalue weighted by Crippen LogP contribution is 2.31. The van der Waals surface area contributed by atoms with E-state index >= 15 is 0 Å². The number of ether oxygens (including phenoxy) is 1. The normalized spacial score (nSPS) is 26.1. The van der Waals surface area contributed by atoms with Gasteiger partial charge in [0, 0.05) is 0 Å². The van der Waals surface area contributed by atoms with Gasteiger partial charge in [0.15, 0.2) is 0 Å². The van der Waals surface area contributed by atoms with E-state index in [1.165, 1.54) is 4.31 Å². The number of rotatable bonds is 0. The molecular formula is C11H21NO4S. The van der Waals surface area contributed by atoms with Crippen molar-refractivity contribution < 1.29 is 17.9 Å². The van der Waals surface area contributed by atoms with Gasteiger partial charge in [-0.05, 0) is 26.2 Å². The topological polar surface area (TPSA) is 55.8 Å². The Balaban J connectivity index is 2.86. The average Bonchev–Trinajstić information content (AvgIpc) is 2.42. The first-order valence-electron chi connectivity index (χ1n) is 5.60. The first-order chi connectivity index (χ1) is 7.52. The first kappa shape index (κ1) is 14.4. The van der Waals surface area contributed by atoms with E-state index in [1.54, 1.807) is 20.8 Å². The number of nitrogens with zero attached hydrogens (tertiary/aromatic N) is 1. The van der Waals surface area contributed by atoms with Crippen molar-refractivity contribution in [3.63, 3.8) is 0 Å². The molecule has 1 saturated heterocycles. The highest BCUT2D eigenvalue weighted by Gasteiger charge is 2.45. The van der Waals surface area contributed by atoms with Gasteiger partial charge in [-0.3, -0.25) is 4.18 Å². The lowest BCUT2D eigenvalue weighted by Crippen LogP contribution is -2.46. The van der Waals surface area contributed by atoms with Crippen LogP contribution in [-0.2, 0) is 20.2 Å². The fraction of sp³-hybridized carbons (Fsp3) is 0.909. The van der Waals surface area contributed by atoms with Crippen molar-refractivity contribution >= 4 is 17.4 Å². The molecule has 0 bridgehead atoms. The average molecular weight is 263 g/mol. The Kier molecular flexibility index (Phi) is 3.88. The summed E-state index contributed by atoms with van der Waals surface area (Å²) in [6.45, 7) is 11.5. The first-order valence-corrected chi connectivity index (χ1v) is 6.63. The standard InChI is InChI=1S/C11H21NO4S/c1-10(2,3)8-7-15-17(14)12(8)9(13)16-11(4,5)6/h8H,7H2,1-6H3. The van der Waals surface area contributed by atoms with E-state index in [4.69, 9.17) is 8.92 Å². The maximum absolute atomic E-state index is 12.0. The van der Waals surface area contributed by atoms with Crippen LogP contribution in [0.2, 0.25) is 0 Å². The zero-order valence-electron chi connectivity index (χ0n) is 11.3. The lowest BCUT2D eigenvalue weighted by atomic mass is 9.87. The molecule has 100 valence electrons. The second-order valence-corrected chi connectivity index (χ2v) is 7.25. The van der Waals surface area contributed by atoms with Crippen LogP contribution in [0.4, 0.5) is 4.79 Å². The molecule has 0 aromatic heterocycles. The van der Waals surface area contributed by atoms with Crippen LogP contribution in [0.5, 0.6) is 0 Å². The molecule has 5 nitrogen and oxygen atoms in total. The Morgan fingerprint density at radius 3 is 2.24 bits per heavy atom. The zero-order chi connectivity index (χ0) is 13.4. The molecule has 1 fully saturated rings. The molecule has 0 aromatic rings.